The Morgan fingerprint density at radius 3 is 0.721 bits per heavy atom. The Morgan fingerprint density at radius 1 is 0.395 bits per heavy atom. The summed E-state index contributed by atoms with van der Waals surface area (Å²) in [6.07, 6.45) is 33.9. The van der Waals surface area contributed by atoms with Gasteiger partial charge < -0.3 is 30.0 Å². The topological polar surface area (TPSA) is 121 Å². The van der Waals surface area contributed by atoms with E-state index < -0.39 is 24.1 Å². The first-order valence-corrected chi connectivity index (χ1v) is 18.1. The van der Waals surface area contributed by atoms with Gasteiger partial charge in [-0.15, -0.1) is 0 Å². The molecule has 2 atom stereocenters. The van der Waals surface area contributed by atoms with Crippen molar-refractivity contribution in [2.45, 2.75) is 219 Å². The minimum atomic E-state index is -1.34. The molecule has 0 bridgehead atoms. The number of carboxylic acid groups (broad SMARTS) is 2. The van der Waals surface area contributed by atoms with Crippen LogP contribution < -0.4 is 10.2 Å². The van der Waals surface area contributed by atoms with Crippen LogP contribution in [0.2, 0.25) is 0 Å². The molecule has 2 N–H and O–H groups in total. The molecule has 0 aliphatic heterocycles. The number of aliphatic hydroxyl groups is 2. The van der Waals surface area contributed by atoms with Gasteiger partial charge in [0.15, 0.2) is 0 Å². The van der Waals surface area contributed by atoms with E-state index in [-0.39, 0.29) is 17.1 Å². The Balaban J connectivity index is -0.000000727. The number of aliphatic carboxylic acids is 2. The Bertz CT molecular complexity index is 512. The van der Waals surface area contributed by atoms with E-state index in [4.69, 9.17) is 10.2 Å². The number of carboxylic acids is 2. The molecule has 0 saturated carbocycles. The first-order chi connectivity index (χ1) is 20.4. The van der Waals surface area contributed by atoms with Crippen LogP contribution in [0.25, 0.3) is 0 Å². The van der Waals surface area contributed by atoms with E-state index in [0.717, 1.165) is 38.5 Å². The number of carbonyl (C=O) groups excluding carboxylic acids is 2. The SMILES string of the molecule is CCCCCCCCCCCCCCCCC(O)C(=O)[O-].CCCCCCCCCCCCCCCCC(O)C(=O)[O-].[Cu+2]. The van der Waals surface area contributed by atoms with Crippen molar-refractivity contribution in [2.75, 3.05) is 0 Å². The molecule has 0 heterocycles. The zero-order valence-electron chi connectivity index (χ0n) is 28.2. The molecule has 261 valence electrons. The van der Waals surface area contributed by atoms with E-state index in [1.165, 1.54) is 141 Å². The summed E-state index contributed by atoms with van der Waals surface area (Å²) in [4.78, 5) is 20.6. The summed E-state index contributed by atoms with van der Waals surface area (Å²) in [6.45, 7) is 4.51. The van der Waals surface area contributed by atoms with Gasteiger partial charge >= 0.3 is 17.1 Å². The minimum Gasteiger partial charge on any atom is -0.547 e. The predicted molar refractivity (Wildman–Crippen MR) is 172 cm³/mol. The maximum absolute atomic E-state index is 10.3. The molecule has 7 heteroatoms. The van der Waals surface area contributed by atoms with Crippen molar-refractivity contribution in [3.8, 4) is 0 Å². The molecule has 1 radical (unpaired) electrons. The van der Waals surface area contributed by atoms with Gasteiger partial charge in [-0.3, -0.25) is 0 Å². The maximum Gasteiger partial charge on any atom is 2.00 e. The average Bonchev–Trinajstić information content (AvgIpc) is 2.97. The zero-order chi connectivity index (χ0) is 31.5. The van der Waals surface area contributed by atoms with E-state index in [1.807, 2.05) is 0 Å². The molecular formula is C36H70CuO6. The van der Waals surface area contributed by atoms with Gasteiger partial charge in [0.2, 0.25) is 0 Å². The van der Waals surface area contributed by atoms with Gasteiger partial charge in [0.1, 0.15) is 0 Å². The summed E-state index contributed by atoms with van der Waals surface area (Å²) < 4.78 is 0. The Kier molecular flexibility index (Phi) is 42.9. The van der Waals surface area contributed by atoms with Gasteiger partial charge in [-0.05, 0) is 12.8 Å². The summed E-state index contributed by atoms with van der Waals surface area (Å²) in [6, 6.07) is 0. The van der Waals surface area contributed by atoms with Crippen molar-refractivity contribution in [2.24, 2.45) is 0 Å². The average molecular weight is 662 g/mol. The number of rotatable bonds is 32. The first kappa shape index (κ1) is 46.8. The van der Waals surface area contributed by atoms with Crippen molar-refractivity contribution >= 4 is 11.9 Å². The second-order valence-electron chi connectivity index (χ2n) is 12.4. The van der Waals surface area contributed by atoms with Gasteiger partial charge in [0.05, 0.1) is 24.1 Å². The van der Waals surface area contributed by atoms with Crippen molar-refractivity contribution in [3.63, 3.8) is 0 Å². The second kappa shape index (κ2) is 39.4. The van der Waals surface area contributed by atoms with E-state index in [0.29, 0.717) is 12.8 Å². The van der Waals surface area contributed by atoms with Crippen LogP contribution in [0.5, 0.6) is 0 Å². The van der Waals surface area contributed by atoms with Crippen LogP contribution in [0.4, 0.5) is 0 Å². The minimum absolute atomic E-state index is 0. The van der Waals surface area contributed by atoms with Crippen molar-refractivity contribution in [1.29, 1.82) is 0 Å². The molecule has 0 aromatic heterocycles. The van der Waals surface area contributed by atoms with Gasteiger partial charge in [-0.25, -0.2) is 0 Å². The number of hydrogen-bond acceptors (Lipinski definition) is 6. The molecule has 6 nitrogen and oxygen atoms in total. The summed E-state index contributed by atoms with van der Waals surface area (Å²) in [5, 5.41) is 38.7. The van der Waals surface area contributed by atoms with E-state index in [9.17, 15) is 19.8 Å². The molecule has 0 saturated heterocycles. The number of hydrogen-bond donors (Lipinski definition) is 2. The van der Waals surface area contributed by atoms with Crippen LogP contribution in [0.1, 0.15) is 206 Å². The third kappa shape index (κ3) is 41.4. The predicted octanol–water partition coefficient (Wildman–Crippen LogP) is 7.93. The summed E-state index contributed by atoms with van der Waals surface area (Å²) in [5.74, 6) is -2.69. The Morgan fingerprint density at radius 2 is 0.558 bits per heavy atom. The molecule has 0 fully saturated rings. The summed E-state index contributed by atoms with van der Waals surface area (Å²) in [7, 11) is 0. The van der Waals surface area contributed by atoms with Crippen molar-refractivity contribution < 1.29 is 47.1 Å². The van der Waals surface area contributed by atoms with Crippen LogP contribution in [0.3, 0.4) is 0 Å². The monoisotopic (exact) mass is 661 g/mol. The van der Waals surface area contributed by atoms with Gasteiger partial charge in [0.25, 0.3) is 0 Å². The van der Waals surface area contributed by atoms with E-state index in [1.54, 1.807) is 0 Å². The van der Waals surface area contributed by atoms with E-state index in [2.05, 4.69) is 13.8 Å². The van der Waals surface area contributed by atoms with E-state index >= 15 is 0 Å². The Labute approximate surface area is 277 Å². The summed E-state index contributed by atoms with van der Waals surface area (Å²) in [5.41, 5.74) is 0. The van der Waals surface area contributed by atoms with Crippen LogP contribution in [0, 0.1) is 0 Å². The van der Waals surface area contributed by atoms with Crippen LogP contribution in [-0.2, 0) is 26.7 Å². The molecule has 0 rings (SSSR count). The number of aliphatic hydroxyl groups excluding tert-OH is 2. The molecule has 0 aliphatic rings. The second-order valence-corrected chi connectivity index (χ2v) is 12.4. The third-order valence-corrected chi connectivity index (χ3v) is 8.21. The molecule has 2 unspecified atom stereocenters. The fourth-order valence-electron chi connectivity index (χ4n) is 5.30. The molecular weight excluding hydrogens is 592 g/mol. The van der Waals surface area contributed by atoms with Crippen LogP contribution in [0.15, 0.2) is 0 Å². The summed E-state index contributed by atoms with van der Waals surface area (Å²) >= 11 is 0. The number of unbranched alkanes of at least 4 members (excludes halogenated alkanes) is 26. The smallest absolute Gasteiger partial charge is 0.547 e. The molecule has 0 aliphatic carbocycles. The fourth-order valence-corrected chi connectivity index (χ4v) is 5.30. The van der Waals surface area contributed by atoms with Gasteiger partial charge in [-0.2, -0.15) is 0 Å². The largest absolute Gasteiger partial charge is 2.00 e. The van der Waals surface area contributed by atoms with Crippen molar-refractivity contribution in [1.82, 2.24) is 0 Å². The van der Waals surface area contributed by atoms with Gasteiger partial charge in [0, 0.05) is 0 Å². The standard InChI is InChI=1S/2C18H36O3.Cu/c2*1-2-3-4-5-6-7-8-9-10-11-12-13-14-15-16-17(19)18(20)21;/h2*17,19H,2-16H2,1H3,(H,20,21);/q;;+2/p-2. The molecule has 0 amide bonds. The first-order valence-electron chi connectivity index (χ1n) is 18.1. The normalized spacial score (nSPS) is 12.2. The third-order valence-electron chi connectivity index (χ3n) is 8.21. The van der Waals surface area contributed by atoms with Crippen LogP contribution >= 0.6 is 0 Å². The van der Waals surface area contributed by atoms with Crippen molar-refractivity contribution in [3.05, 3.63) is 0 Å². The molecule has 0 spiro atoms. The maximum atomic E-state index is 10.3. The van der Waals surface area contributed by atoms with Gasteiger partial charge in [-0.1, -0.05) is 194 Å². The zero-order valence-corrected chi connectivity index (χ0v) is 29.1. The van der Waals surface area contributed by atoms with Crippen LogP contribution in [-0.4, -0.2) is 34.4 Å². The quantitative estimate of drug-likeness (QED) is 0.0558. The number of carbonyl (C=O) groups is 2. The molecule has 0 aromatic rings. The molecule has 0 aromatic carbocycles. The Hall–Kier alpha value is -0.621. The molecule has 43 heavy (non-hydrogen) atoms. The fraction of sp³-hybridized carbons (Fsp3) is 0.944.